The van der Waals surface area contributed by atoms with Crippen LogP contribution in [-0.2, 0) is 32.7 Å². The van der Waals surface area contributed by atoms with Crippen LogP contribution in [0.3, 0.4) is 0 Å². The fourth-order valence-electron chi connectivity index (χ4n) is 1.86. The minimum atomic E-state index is -4.26. The highest BCUT2D eigenvalue weighted by Gasteiger charge is 2.26. The van der Waals surface area contributed by atoms with Gasteiger partial charge in [-0.25, -0.2) is 0 Å². The van der Waals surface area contributed by atoms with Crippen LogP contribution in [0.2, 0.25) is 0 Å². The molecule has 24 heavy (non-hydrogen) atoms. The molecule has 0 aliphatic carbocycles. The van der Waals surface area contributed by atoms with Crippen LogP contribution in [0.4, 0.5) is 0 Å². The lowest BCUT2D eigenvalue weighted by molar-refractivity contribution is -0.222. The van der Waals surface area contributed by atoms with Gasteiger partial charge in [-0.1, -0.05) is 6.92 Å². The molecular weight excluding hydrogens is 343 g/mol. The lowest BCUT2D eigenvalue weighted by Crippen LogP contribution is -2.33. The molecule has 2 N–H and O–H groups in total. The first-order valence-electron chi connectivity index (χ1n) is 7.68. The molecule has 0 aromatic carbocycles. The molecule has 2 amide bonds. The van der Waals surface area contributed by atoms with Crippen LogP contribution in [-0.4, -0.2) is 57.6 Å². The fraction of sp³-hybridized carbons (Fsp3) is 0.846. The van der Waals surface area contributed by atoms with Crippen LogP contribution in [0.1, 0.15) is 26.2 Å². The van der Waals surface area contributed by atoms with Gasteiger partial charge in [-0.2, -0.15) is 0 Å². The Kier molecular flexibility index (Phi) is 9.42. The normalized spacial score (nSPS) is 22.8. The van der Waals surface area contributed by atoms with E-state index in [1.165, 1.54) is 0 Å². The summed E-state index contributed by atoms with van der Waals surface area (Å²) in [5.74, 6) is -0.327. The highest BCUT2D eigenvalue weighted by Crippen LogP contribution is 2.36. The lowest BCUT2D eigenvalue weighted by Gasteiger charge is -2.20. The molecule has 1 heterocycles. The van der Waals surface area contributed by atoms with Gasteiger partial charge in [0.1, 0.15) is 6.10 Å². The van der Waals surface area contributed by atoms with Crippen LogP contribution < -0.4 is 15.5 Å². The van der Waals surface area contributed by atoms with E-state index >= 15 is 0 Å². The minimum absolute atomic E-state index is 0.0481. The molecule has 10 nitrogen and oxygen atoms in total. The van der Waals surface area contributed by atoms with Gasteiger partial charge in [-0.3, -0.25) is 14.2 Å². The highest BCUT2D eigenvalue weighted by atomic mass is 31.2. The zero-order chi connectivity index (χ0) is 18.0. The monoisotopic (exact) mass is 367 g/mol. The summed E-state index contributed by atoms with van der Waals surface area (Å²) in [7, 11) is -3.27. The number of carbonyl (C=O) groups is 2. The standard InChI is InChI=1S/C13H25N2O8P/c1-3-11(16)15-8-10-9-21-13(23-10)5-4-12(17)14-6-7-22-24(18,19)20-2/h10,13H,3-9H2,1-2H3,(H,14,17)(H,15,16)(H,18,19)/p-1. The molecular formula is C13H24N2O8P-. The Hall–Kier alpha value is -1.03. The molecule has 1 rings (SSSR count). The van der Waals surface area contributed by atoms with Crippen molar-refractivity contribution < 1.29 is 37.6 Å². The molecule has 1 saturated heterocycles. The molecule has 0 bridgehead atoms. The smallest absolute Gasteiger partial charge is 0.267 e. The van der Waals surface area contributed by atoms with E-state index in [4.69, 9.17) is 9.47 Å². The SMILES string of the molecule is CCC(=O)NCC1COC(CCC(=O)NCCOP(=O)([O-])OC)O1. The summed E-state index contributed by atoms with van der Waals surface area (Å²) in [5.41, 5.74) is 0. The van der Waals surface area contributed by atoms with Crippen LogP contribution in [0.15, 0.2) is 0 Å². The second-order valence-corrected chi connectivity index (χ2v) is 6.55. The Labute approximate surface area is 140 Å². The van der Waals surface area contributed by atoms with Crippen molar-refractivity contribution in [1.82, 2.24) is 10.6 Å². The van der Waals surface area contributed by atoms with Gasteiger partial charge in [0.25, 0.3) is 7.82 Å². The number of ether oxygens (including phenoxy) is 2. The molecule has 140 valence electrons. The molecule has 0 saturated carbocycles. The maximum atomic E-state index is 11.6. The first-order valence-corrected chi connectivity index (χ1v) is 9.14. The van der Waals surface area contributed by atoms with E-state index in [0.29, 0.717) is 26.0 Å². The maximum Gasteiger partial charge on any atom is 0.267 e. The molecule has 1 aliphatic rings. The summed E-state index contributed by atoms with van der Waals surface area (Å²) < 4.78 is 30.4. The number of nitrogens with one attached hydrogen (secondary N) is 2. The summed E-state index contributed by atoms with van der Waals surface area (Å²) in [6.07, 6.45) is 0.224. The largest absolute Gasteiger partial charge is 0.756 e. The van der Waals surface area contributed by atoms with Crippen molar-refractivity contribution in [1.29, 1.82) is 0 Å². The average molecular weight is 367 g/mol. The third-order valence-corrected chi connectivity index (χ3v) is 4.11. The Bertz CT molecular complexity index is 461. The second-order valence-electron chi connectivity index (χ2n) is 5.03. The number of phosphoric acid groups is 1. The molecule has 0 radical (unpaired) electrons. The zero-order valence-electron chi connectivity index (χ0n) is 13.8. The third-order valence-electron chi connectivity index (χ3n) is 3.16. The van der Waals surface area contributed by atoms with Gasteiger partial charge in [0.2, 0.25) is 11.8 Å². The third kappa shape index (κ3) is 8.72. The summed E-state index contributed by atoms with van der Waals surface area (Å²) in [5, 5.41) is 5.23. The van der Waals surface area contributed by atoms with Crippen molar-refractivity contribution in [3.05, 3.63) is 0 Å². The van der Waals surface area contributed by atoms with Crippen molar-refractivity contribution in [2.45, 2.75) is 38.6 Å². The first kappa shape index (κ1) is 21.0. The van der Waals surface area contributed by atoms with Crippen molar-refractivity contribution in [2.24, 2.45) is 0 Å². The predicted molar refractivity (Wildman–Crippen MR) is 80.7 cm³/mol. The number of phosphoric ester groups is 1. The summed E-state index contributed by atoms with van der Waals surface area (Å²) in [6, 6.07) is 0. The maximum absolute atomic E-state index is 11.6. The van der Waals surface area contributed by atoms with Crippen LogP contribution >= 0.6 is 7.82 Å². The zero-order valence-corrected chi connectivity index (χ0v) is 14.7. The van der Waals surface area contributed by atoms with Gasteiger partial charge in [-0.05, 0) is 0 Å². The average Bonchev–Trinajstić information content (AvgIpc) is 3.02. The number of rotatable bonds is 11. The van der Waals surface area contributed by atoms with E-state index in [-0.39, 0.29) is 37.5 Å². The van der Waals surface area contributed by atoms with E-state index in [0.717, 1.165) is 7.11 Å². The van der Waals surface area contributed by atoms with Crippen molar-refractivity contribution in [2.75, 3.05) is 33.4 Å². The minimum Gasteiger partial charge on any atom is -0.756 e. The topological polar surface area (TPSA) is 135 Å². The van der Waals surface area contributed by atoms with Gasteiger partial charge in [0, 0.05) is 39.5 Å². The van der Waals surface area contributed by atoms with Crippen molar-refractivity contribution in [3.8, 4) is 0 Å². The van der Waals surface area contributed by atoms with Crippen LogP contribution in [0, 0.1) is 0 Å². The summed E-state index contributed by atoms with van der Waals surface area (Å²) >= 11 is 0. The number of hydrogen-bond donors (Lipinski definition) is 2. The number of amides is 2. The van der Waals surface area contributed by atoms with Crippen LogP contribution in [0.5, 0.6) is 0 Å². The molecule has 0 spiro atoms. The quantitative estimate of drug-likeness (QED) is 0.361. The second kappa shape index (κ2) is 10.8. The molecule has 1 aliphatic heterocycles. The van der Waals surface area contributed by atoms with Gasteiger partial charge >= 0.3 is 0 Å². The molecule has 1 fully saturated rings. The van der Waals surface area contributed by atoms with Crippen LogP contribution in [0.25, 0.3) is 0 Å². The molecule has 3 atom stereocenters. The van der Waals surface area contributed by atoms with Gasteiger partial charge < -0.3 is 34.0 Å². The van der Waals surface area contributed by atoms with E-state index in [2.05, 4.69) is 19.7 Å². The van der Waals surface area contributed by atoms with Gasteiger partial charge in [0.05, 0.1) is 13.2 Å². The number of carbonyl (C=O) groups excluding carboxylic acids is 2. The number of hydrogen-bond acceptors (Lipinski definition) is 8. The Morgan fingerprint density at radius 3 is 2.75 bits per heavy atom. The van der Waals surface area contributed by atoms with E-state index in [9.17, 15) is 19.0 Å². The predicted octanol–water partition coefficient (Wildman–Crippen LogP) is -0.718. The Morgan fingerprint density at radius 2 is 2.08 bits per heavy atom. The fourth-order valence-corrected chi connectivity index (χ4v) is 2.28. The van der Waals surface area contributed by atoms with E-state index in [1.807, 2.05) is 0 Å². The molecule has 3 unspecified atom stereocenters. The van der Waals surface area contributed by atoms with Gasteiger partial charge in [0.15, 0.2) is 6.29 Å². The highest BCUT2D eigenvalue weighted by molar-refractivity contribution is 7.45. The van der Waals surface area contributed by atoms with Crippen molar-refractivity contribution >= 4 is 19.6 Å². The van der Waals surface area contributed by atoms with E-state index in [1.54, 1.807) is 6.92 Å². The molecule has 11 heteroatoms. The van der Waals surface area contributed by atoms with E-state index < -0.39 is 14.1 Å². The van der Waals surface area contributed by atoms with Gasteiger partial charge in [-0.15, -0.1) is 0 Å². The Balaban J connectivity index is 2.09. The first-order chi connectivity index (χ1) is 11.4. The van der Waals surface area contributed by atoms with Crippen molar-refractivity contribution in [3.63, 3.8) is 0 Å². The summed E-state index contributed by atoms with van der Waals surface area (Å²) in [6.45, 7) is 2.35. The Morgan fingerprint density at radius 1 is 1.33 bits per heavy atom. The lowest BCUT2D eigenvalue weighted by atomic mass is 10.3. The molecule has 0 aromatic heterocycles. The summed E-state index contributed by atoms with van der Waals surface area (Å²) in [4.78, 5) is 33.7. The molecule has 0 aromatic rings.